The lowest BCUT2D eigenvalue weighted by molar-refractivity contribution is 0.0438. The second-order valence-corrected chi connectivity index (χ2v) is 7.81. The van der Waals surface area contributed by atoms with Gasteiger partial charge in [0.2, 0.25) is 0 Å². The van der Waals surface area contributed by atoms with E-state index in [4.69, 9.17) is 0 Å². The van der Waals surface area contributed by atoms with E-state index in [1.807, 2.05) is 6.07 Å². The summed E-state index contributed by atoms with van der Waals surface area (Å²) in [5.74, 6) is 2.00. The molecule has 2 N–H and O–H groups in total. The number of thiophene rings is 1. The van der Waals surface area contributed by atoms with Crippen LogP contribution in [-0.4, -0.2) is 37.2 Å². The third-order valence-electron chi connectivity index (χ3n) is 5.34. The number of fused-ring (bicyclic) bond motifs is 1. The quantitative estimate of drug-likeness (QED) is 0.884. The zero-order valence-electron chi connectivity index (χ0n) is 13.2. The van der Waals surface area contributed by atoms with E-state index in [1.165, 1.54) is 17.7 Å². The van der Waals surface area contributed by atoms with Crippen molar-refractivity contribution in [3.63, 3.8) is 0 Å². The summed E-state index contributed by atoms with van der Waals surface area (Å²) in [7, 11) is 0. The van der Waals surface area contributed by atoms with Gasteiger partial charge in [-0.3, -0.25) is 0 Å². The van der Waals surface area contributed by atoms with Crippen molar-refractivity contribution < 1.29 is 10.2 Å². The summed E-state index contributed by atoms with van der Waals surface area (Å²) in [6.07, 6.45) is 5.43. The molecule has 0 spiro atoms. The highest BCUT2D eigenvalue weighted by Crippen LogP contribution is 2.47. The van der Waals surface area contributed by atoms with Gasteiger partial charge in [-0.1, -0.05) is 18.9 Å². The van der Waals surface area contributed by atoms with E-state index < -0.39 is 17.6 Å². The molecule has 0 aromatic carbocycles. The van der Waals surface area contributed by atoms with Crippen LogP contribution in [0, 0.1) is 0 Å². The fourth-order valence-electron chi connectivity index (χ4n) is 4.13. The smallest absolute Gasteiger partial charge is 0.144 e. The van der Waals surface area contributed by atoms with Gasteiger partial charge in [-0.15, -0.1) is 21.5 Å². The second-order valence-electron chi connectivity index (χ2n) is 6.86. The van der Waals surface area contributed by atoms with E-state index in [9.17, 15) is 10.2 Å². The number of hydrogen-bond donors (Lipinski definition) is 2. The van der Waals surface area contributed by atoms with Crippen LogP contribution in [0.5, 0.6) is 0 Å². The van der Waals surface area contributed by atoms with Crippen LogP contribution in [0.15, 0.2) is 17.5 Å². The Morgan fingerprint density at radius 3 is 2.61 bits per heavy atom. The SMILES string of the molecule is O[C@@H]1CC(c2cccs2)(c2nnc3n2CCCCCC3)C[C@@H]1O. The van der Waals surface area contributed by atoms with Crippen molar-refractivity contribution in [2.45, 2.75) is 69.1 Å². The van der Waals surface area contributed by atoms with Gasteiger partial charge in [0.05, 0.1) is 17.6 Å². The van der Waals surface area contributed by atoms with Crippen LogP contribution in [0.25, 0.3) is 0 Å². The molecule has 2 aliphatic rings. The summed E-state index contributed by atoms with van der Waals surface area (Å²) in [5, 5.41) is 31.5. The van der Waals surface area contributed by atoms with Gasteiger partial charge in [0.1, 0.15) is 11.6 Å². The van der Waals surface area contributed by atoms with Crippen LogP contribution in [0.4, 0.5) is 0 Å². The Labute approximate surface area is 140 Å². The zero-order valence-corrected chi connectivity index (χ0v) is 14.0. The van der Waals surface area contributed by atoms with E-state index in [0.717, 1.165) is 37.5 Å². The number of nitrogens with zero attached hydrogens (tertiary/aromatic N) is 3. The molecule has 124 valence electrons. The predicted molar refractivity (Wildman–Crippen MR) is 88.5 cm³/mol. The van der Waals surface area contributed by atoms with Crippen LogP contribution in [0.3, 0.4) is 0 Å². The van der Waals surface area contributed by atoms with E-state index in [1.54, 1.807) is 11.3 Å². The van der Waals surface area contributed by atoms with Crippen LogP contribution < -0.4 is 0 Å². The van der Waals surface area contributed by atoms with Gasteiger partial charge in [-0.2, -0.15) is 0 Å². The minimum absolute atomic E-state index is 0.405. The third-order valence-corrected chi connectivity index (χ3v) is 6.41. The van der Waals surface area contributed by atoms with Crippen LogP contribution in [0.1, 0.15) is 55.1 Å². The average molecular weight is 333 g/mol. The molecular weight excluding hydrogens is 310 g/mol. The van der Waals surface area contributed by atoms with Crippen molar-refractivity contribution in [2.75, 3.05) is 0 Å². The van der Waals surface area contributed by atoms with Gasteiger partial charge in [-0.05, 0) is 37.1 Å². The van der Waals surface area contributed by atoms with Gasteiger partial charge in [-0.25, -0.2) is 0 Å². The molecule has 1 unspecified atom stereocenters. The molecule has 2 aromatic rings. The molecular formula is C17H23N3O2S. The highest BCUT2D eigenvalue weighted by molar-refractivity contribution is 7.10. The molecule has 5 nitrogen and oxygen atoms in total. The number of aliphatic hydroxyl groups is 2. The first-order chi connectivity index (χ1) is 11.2. The van der Waals surface area contributed by atoms with Gasteiger partial charge in [0.25, 0.3) is 0 Å². The molecule has 1 aliphatic heterocycles. The second kappa shape index (κ2) is 6.00. The maximum atomic E-state index is 10.2. The summed E-state index contributed by atoms with van der Waals surface area (Å²) in [4.78, 5) is 1.17. The van der Waals surface area contributed by atoms with Crippen molar-refractivity contribution in [3.8, 4) is 0 Å². The minimum Gasteiger partial charge on any atom is -0.390 e. The molecule has 1 fully saturated rings. The number of aromatic nitrogens is 3. The molecule has 1 aliphatic carbocycles. The number of aliphatic hydroxyl groups excluding tert-OH is 2. The zero-order chi connectivity index (χ0) is 15.9. The summed E-state index contributed by atoms with van der Waals surface area (Å²) < 4.78 is 2.27. The van der Waals surface area contributed by atoms with Crippen molar-refractivity contribution in [1.29, 1.82) is 0 Å². The van der Waals surface area contributed by atoms with Gasteiger partial charge in [0, 0.05) is 17.8 Å². The van der Waals surface area contributed by atoms with E-state index >= 15 is 0 Å². The Hall–Kier alpha value is -1.24. The lowest BCUT2D eigenvalue weighted by atomic mass is 9.83. The standard InChI is InChI=1S/C17H23N3O2S/c21-12-10-17(11-13(12)22,14-6-5-9-23-14)16-19-18-15-7-3-1-2-4-8-20(15)16/h5-6,9,12-13,21-22H,1-4,7-8,10-11H2/t12-,13+,17?. The molecule has 4 rings (SSSR count). The van der Waals surface area contributed by atoms with Crippen LogP contribution in [-0.2, 0) is 18.4 Å². The molecule has 0 amide bonds. The van der Waals surface area contributed by atoms with Crippen molar-refractivity contribution >= 4 is 11.3 Å². The summed E-state index contributed by atoms with van der Waals surface area (Å²) in [6.45, 7) is 0.941. The van der Waals surface area contributed by atoms with Gasteiger partial charge < -0.3 is 14.8 Å². The van der Waals surface area contributed by atoms with Crippen molar-refractivity contribution in [3.05, 3.63) is 34.0 Å². The number of aryl methyl sites for hydroxylation is 1. The monoisotopic (exact) mass is 333 g/mol. The van der Waals surface area contributed by atoms with Gasteiger partial charge in [0.15, 0.2) is 0 Å². The number of rotatable bonds is 2. The third kappa shape index (κ3) is 2.53. The van der Waals surface area contributed by atoms with E-state index in [2.05, 4.69) is 26.2 Å². The topological polar surface area (TPSA) is 71.2 Å². The molecule has 6 heteroatoms. The van der Waals surface area contributed by atoms with E-state index in [-0.39, 0.29) is 0 Å². The Kier molecular flexibility index (Phi) is 3.99. The van der Waals surface area contributed by atoms with Gasteiger partial charge >= 0.3 is 0 Å². The maximum absolute atomic E-state index is 10.2. The summed E-state index contributed by atoms with van der Waals surface area (Å²) in [6, 6.07) is 4.13. The molecule has 0 bridgehead atoms. The molecule has 0 saturated heterocycles. The maximum Gasteiger partial charge on any atom is 0.144 e. The highest BCUT2D eigenvalue weighted by atomic mass is 32.1. The first kappa shape index (κ1) is 15.3. The fraction of sp³-hybridized carbons (Fsp3) is 0.647. The first-order valence-electron chi connectivity index (χ1n) is 8.53. The number of hydrogen-bond acceptors (Lipinski definition) is 5. The lowest BCUT2D eigenvalue weighted by Crippen LogP contribution is -2.29. The minimum atomic E-state index is -0.696. The molecule has 1 saturated carbocycles. The average Bonchev–Trinajstić information content (AvgIpc) is 3.20. The Morgan fingerprint density at radius 1 is 1.09 bits per heavy atom. The Morgan fingerprint density at radius 2 is 1.87 bits per heavy atom. The Bertz CT molecular complexity index is 657. The normalized spacial score (nSPS) is 31.6. The summed E-state index contributed by atoms with van der Waals surface area (Å²) in [5.41, 5.74) is -0.405. The molecule has 0 radical (unpaired) electrons. The first-order valence-corrected chi connectivity index (χ1v) is 9.41. The largest absolute Gasteiger partial charge is 0.390 e. The Balaban J connectivity index is 1.82. The van der Waals surface area contributed by atoms with Crippen molar-refractivity contribution in [2.24, 2.45) is 0 Å². The lowest BCUT2D eigenvalue weighted by Gasteiger charge is -2.28. The van der Waals surface area contributed by atoms with E-state index in [0.29, 0.717) is 12.8 Å². The van der Waals surface area contributed by atoms with Crippen LogP contribution in [0.2, 0.25) is 0 Å². The highest BCUT2D eigenvalue weighted by Gasteiger charge is 2.50. The molecule has 23 heavy (non-hydrogen) atoms. The van der Waals surface area contributed by atoms with Crippen LogP contribution >= 0.6 is 11.3 Å². The van der Waals surface area contributed by atoms with Crippen molar-refractivity contribution in [1.82, 2.24) is 14.8 Å². The predicted octanol–water partition coefficient (Wildman–Crippen LogP) is 2.26. The summed E-state index contributed by atoms with van der Waals surface area (Å²) >= 11 is 1.68. The molecule has 3 atom stereocenters. The fourth-order valence-corrected chi connectivity index (χ4v) is 5.07. The molecule has 3 heterocycles. The molecule has 2 aromatic heterocycles.